The van der Waals surface area contributed by atoms with Crippen LogP contribution in [0.4, 0.5) is 0 Å². The number of nitriles is 1. The van der Waals surface area contributed by atoms with Crippen LogP contribution in [-0.2, 0) is 0 Å². The van der Waals surface area contributed by atoms with E-state index in [0.717, 1.165) is 35.7 Å². The van der Waals surface area contributed by atoms with E-state index in [1.54, 1.807) is 6.07 Å². The summed E-state index contributed by atoms with van der Waals surface area (Å²) in [7, 11) is 0. The summed E-state index contributed by atoms with van der Waals surface area (Å²) < 4.78 is 0.981. The number of halogens is 1. The summed E-state index contributed by atoms with van der Waals surface area (Å²) in [5.41, 5.74) is 0.968. The molecule has 1 N–H and O–H groups in total. The fourth-order valence-corrected chi connectivity index (χ4v) is 2.57. The van der Waals surface area contributed by atoms with Crippen LogP contribution in [0.1, 0.15) is 41.6 Å². The lowest BCUT2D eigenvalue weighted by atomic mass is 9.99. The monoisotopic (exact) mass is 306 g/mol. The first-order valence-corrected chi connectivity index (χ1v) is 6.85. The highest BCUT2D eigenvalue weighted by molar-refractivity contribution is 9.10. The van der Waals surface area contributed by atoms with Gasteiger partial charge in [-0.25, -0.2) is 0 Å². The first-order chi connectivity index (χ1) is 8.56. The molecule has 2 rings (SSSR count). The Morgan fingerprint density at radius 1 is 1.44 bits per heavy atom. The molecule has 1 fully saturated rings. The number of hydrogen-bond acceptors (Lipinski definition) is 2. The van der Waals surface area contributed by atoms with Crippen LogP contribution in [0.25, 0.3) is 0 Å². The van der Waals surface area contributed by atoms with Crippen molar-refractivity contribution >= 4 is 21.8 Å². The number of rotatable bonds is 2. The minimum atomic E-state index is -0.655. The van der Waals surface area contributed by atoms with Crippen molar-refractivity contribution in [1.82, 2.24) is 5.32 Å². The van der Waals surface area contributed by atoms with E-state index >= 15 is 0 Å². The number of nitrogens with one attached hydrogen (secondary N) is 1. The van der Waals surface area contributed by atoms with Crippen LogP contribution in [0.5, 0.6) is 0 Å². The normalized spacial score (nSPS) is 17.2. The maximum absolute atomic E-state index is 12.2. The van der Waals surface area contributed by atoms with E-state index < -0.39 is 5.54 Å². The molecule has 0 radical (unpaired) electrons. The molecule has 0 unspecified atom stereocenters. The molecule has 0 aromatic heterocycles. The molecule has 0 heterocycles. The number of hydrogen-bond donors (Lipinski definition) is 1. The van der Waals surface area contributed by atoms with E-state index in [2.05, 4.69) is 27.3 Å². The van der Waals surface area contributed by atoms with Gasteiger partial charge in [-0.05, 0) is 56.4 Å². The maximum Gasteiger partial charge on any atom is 0.252 e. The third-order valence-corrected chi connectivity index (χ3v) is 4.33. The lowest BCUT2D eigenvalue weighted by Crippen LogP contribution is -2.45. The molecule has 0 atom stereocenters. The van der Waals surface area contributed by atoms with E-state index in [1.165, 1.54) is 0 Å². The Morgan fingerprint density at radius 2 is 2.11 bits per heavy atom. The van der Waals surface area contributed by atoms with Gasteiger partial charge < -0.3 is 5.32 Å². The lowest BCUT2D eigenvalue weighted by Gasteiger charge is -2.22. The highest BCUT2D eigenvalue weighted by atomic mass is 79.9. The second kappa shape index (κ2) is 5.11. The lowest BCUT2D eigenvalue weighted by molar-refractivity contribution is 0.0920. The van der Waals surface area contributed by atoms with E-state index in [0.29, 0.717) is 5.56 Å². The molecular formula is C14H15BrN2O. The average Bonchev–Trinajstić information content (AvgIpc) is 2.82. The summed E-state index contributed by atoms with van der Waals surface area (Å²) in [5.74, 6) is -0.158. The number of carbonyl (C=O) groups is 1. The predicted molar refractivity (Wildman–Crippen MR) is 73.2 cm³/mol. The van der Waals surface area contributed by atoms with Gasteiger partial charge in [-0.1, -0.05) is 15.9 Å². The van der Waals surface area contributed by atoms with Gasteiger partial charge in [0.25, 0.3) is 5.91 Å². The fraction of sp³-hybridized carbons (Fsp3) is 0.429. The fourth-order valence-electron chi connectivity index (χ4n) is 2.32. The van der Waals surface area contributed by atoms with Crippen LogP contribution >= 0.6 is 15.9 Å². The third kappa shape index (κ3) is 2.56. The Hall–Kier alpha value is -1.34. The molecule has 0 bridgehead atoms. The van der Waals surface area contributed by atoms with Gasteiger partial charge in [-0.3, -0.25) is 4.79 Å². The largest absolute Gasteiger partial charge is 0.334 e. The summed E-state index contributed by atoms with van der Waals surface area (Å²) in [5, 5.41) is 12.1. The predicted octanol–water partition coefficient (Wildman–Crippen LogP) is 3.32. The van der Waals surface area contributed by atoms with Crippen LogP contribution in [-0.4, -0.2) is 11.4 Å². The van der Waals surface area contributed by atoms with Gasteiger partial charge in [0.2, 0.25) is 0 Å². The maximum atomic E-state index is 12.2. The Bertz CT molecular complexity index is 513. The van der Waals surface area contributed by atoms with E-state index in [4.69, 9.17) is 0 Å². The SMILES string of the molecule is Cc1cc(C(=O)NC2(C#N)CCCC2)ccc1Br. The summed E-state index contributed by atoms with van der Waals surface area (Å²) in [6.07, 6.45) is 3.52. The molecule has 1 amide bonds. The molecule has 1 aromatic carbocycles. The van der Waals surface area contributed by atoms with Crippen molar-refractivity contribution in [3.63, 3.8) is 0 Å². The second-order valence-corrected chi connectivity index (χ2v) is 5.67. The number of amides is 1. The standard InChI is InChI=1S/C14H15BrN2O/c1-10-8-11(4-5-12(10)15)13(18)17-14(9-16)6-2-3-7-14/h4-5,8H,2-3,6-7H2,1H3,(H,17,18). The minimum absolute atomic E-state index is 0.158. The Labute approximate surface area is 115 Å². The molecule has 3 nitrogen and oxygen atoms in total. The summed E-state index contributed by atoms with van der Waals surface area (Å²) in [6, 6.07) is 7.73. The molecule has 1 aliphatic carbocycles. The first-order valence-electron chi connectivity index (χ1n) is 6.06. The highest BCUT2D eigenvalue weighted by Crippen LogP contribution is 2.29. The second-order valence-electron chi connectivity index (χ2n) is 4.82. The zero-order valence-corrected chi connectivity index (χ0v) is 11.9. The molecule has 0 saturated heterocycles. The van der Waals surface area contributed by atoms with Crippen LogP contribution in [0, 0.1) is 18.3 Å². The zero-order valence-electron chi connectivity index (χ0n) is 10.3. The van der Waals surface area contributed by atoms with Crippen molar-refractivity contribution in [2.45, 2.75) is 38.1 Å². The van der Waals surface area contributed by atoms with Gasteiger partial charge in [0, 0.05) is 10.0 Å². The number of carbonyl (C=O) groups excluding carboxylic acids is 1. The Kier molecular flexibility index (Phi) is 3.72. The molecule has 4 heteroatoms. The summed E-state index contributed by atoms with van der Waals surface area (Å²) in [4.78, 5) is 12.2. The molecule has 0 spiro atoms. The Morgan fingerprint density at radius 3 is 2.67 bits per heavy atom. The highest BCUT2D eigenvalue weighted by Gasteiger charge is 2.35. The van der Waals surface area contributed by atoms with Crippen LogP contribution in [0.3, 0.4) is 0 Å². The van der Waals surface area contributed by atoms with Crippen LogP contribution < -0.4 is 5.32 Å². The average molecular weight is 307 g/mol. The Balaban J connectivity index is 2.17. The topological polar surface area (TPSA) is 52.9 Å². The third-order valence-electron chi connectivity index (χ3n) is 3.44. The quantitative estimate of drug-likeness (QED) is 0.911. The van der Waals surface area contributed by atoms with Gasteiger partial charge in [0.05, 0.1) is 6.07 Å². The molecule has 1 aromatic rings. The minimum Gasteiger partial charge on any atom is -0.334 e. The van der Waals surface area contributed by atoms with Crippen molar-refractivity contribution in [1.29, 1.82) is 5.26 Å². The van der Waals surface area contributed by atoms with E-state index in [1.807, 2.05) is 19.1 Å². The number of benzene rings is 1. The van der Waals surface area contributed by atoms with Gasteiger partial charge in [-0.2, -0.15) is 5.26 Å². The van der Waals surface area contributed by atoms with Crippen molar-refractivity contribution in [2.75, 3.05) is 0 Å². The molecule has 1 saturated carbocycles. The zero-order chi connectivity index (χ0) is 13.2. The van der Waals surface area contributed by atoms with Crippen molar-refractivity contribution in [2.24, 2.45) is 0 Å². The van der Waals surface area contributed by atoms with Gasteiger partial charge in [0.1, 0.15) is 5.54 Å². The molecule has 94 valence electrons. The smallest absolute Gasteiger partial charge is 0.252 e. The molecule has 0 aliphatic heterocycles. The van der Waals surface area contributed by atoms with Crippen molar-refractivity contribution in [3.05, 3.63) is 33.8 Å². The summed E-state index contributed by atoms with van der Waals surface area (Å²) in [6.45, 7) is 1.94. The van der Waals surface area contributed by atoms with Crippen LogP contribution in [0.15, 0.2) is 22.7 Å². The molecule has 18 heavy (non-hydrogen) atoms. The van der Waals surface area contributed by atoms with E-state index in [-0.39, 0.29) is 5.91 Å². The van der Waals surface area contributed by atoms with Crippen molar-refractivity contribution < 1.29 is 4.79 Å². The molecule has 1 aliphatic rings. The van der Waals surface area contributed by atoms with E-state index in [9.17, 15) is 10.1 Å². The van der Waals surface area contributed by atoms with Crippen LogP contribution in [0.2, 0.25) is 0 Å². The summed E-state index contributed by atoms with van der Waals surface area (Å²) >= 11 is 3.41. The number of aryl methyl sites for hydroxylation is 1. The molecular weight excluding hydrogens is 292 g/mol. The van der Waals surface area contributed by atoms with Gasteiger partial charge in [0.15, 0.2) is 0 Å². The van der Waals surface area contributed by atoms with Gasteiger partial charge in [-0.15, -0.1) is 0 Å². The number of nitrogens with zero attached hydrogens (tertiary/aromatic N) is 1. The first kappa shape index (κ1) is 13.1. The van der Waals surface area contributed by atoms with Crippen molar-refractivity contribution in [3.8, 4) is 6.07 Å². The van der Waals surface area contributed by atoms with Gasteiger partial charge >= 0.3 is 0 Å².